The predicted molar refractivity (Wildman–Crippen MR) is 41.2 cm³/mol. The van der Waals surface area contributed by atoms with Gasteiger partial charge in [0.05, 0.1) is 4.92 Å². The number of carbonyl (C=O) groups excluding carboxylic acids is 1. The van der Waals surface area contributed by atoms with E-state index in [1.807, 2.05) is 0 Å². The number of carbonyl (C=O) groups is 1. The fraction of sp³-hybridized carbons (Fsp3) is 0.143. The van der Waals surface area contributed by atoms with Crippen LogP contribution in [0.2, 0.25) is 0 Å². The Morgan fingerprint density at radius 3 is 2.53 bits per heavy atom. The lowest BCUT2D eigenvalue weighted by atomic mass is 10.2. The minimum Gasteiger partial charge on any atom is -0.296 e. The van der Waals surface area contributed by atoms with E-state index >= 15 is 0 Å². The van der Waals surface area contributed by atoms with Crippen molar-refractivity contribution in [2.24, 2.45) is 0 Å². The Bertz CT molecular complexity index is 422. The molecule has 1 heterocycles. The van der Waals surface area contributed by atoms with Crippen molar-refractivity contribution in [3.63, 3.8) is 0 Å². The predicted octanol–water partition coefficient (Wildman–Crippen LogP) is 1.88. The maximum atomic E-state index is 12.9. The first kappa shape index (κ1) is 11.1. The average Bonchev–Trinajstić information content (AvgIpc) is 2.15. The highest BCUT2D eigenvalue weighted by Gasteiger charge is 2.28. The topological polar surface area (TPSA) is 73.1 Å². The van der Waals surface area contributed by atoms with Crippen LogP contribution in [0.4, 0.5) is 18.9 Å². The molecule has 0 aromatic carbocycles. The molecule has 0 radical (unpaired) electrons. The van der Waals surface area contributed by atoms with Gasteiger partial charge in [0.15, 0.2) is 6.29 Å². The molecule has 8 heteroatoms. The zero-order valence-electron chi connectivity index (χ0n) is 6.99. The molecule has 0 atom stereocenters. The van der Waals surface area contributed by atoms with Gasteiger partial charge < -0.3 is 0 Å². The number of pyridine rings is 1. The van der Waals surface area contributed by atoms with E-state index in [1.54, 1.807) is 0 Å². The molecule has 1 rings (SSSR count). The highest BCUT2D eigenvalue weighted by atomic mass is 19.3. The summed E-state index contributed by atoms with van der Waals surface area (Å²) in [5.41, 5.74) is -3.18. The van der Waals surface area contributed by atoms with Gasteiger partial charge in [-0.15, -0.1) is 0 Å². The van der Waals surface area contributed by atoms with Gasteiger partial charge >= 0.3 is 5.69 Å². The van der Waals surface area contributed by atoms with E-state index in [1.165, 1.54) is 0 Å². The second-order valence-electron chi connectivity index (χ2n) is 2.45. The summed E-state index contributed by atoms with van der Waals surface area (Å²) in [5, 5.41) is 10.3. The van der Waals surface area contributed by atoms with E-state index in [9.17, 15) is 28.1 Å². The van der Waals surface area contributed by atoms with Crippen molar-refractivity contribution in [2.45, 2.75) is 6.43 Å². The smallest absolute Gasteiger partial charge is 0.296 e. The second kappa shape index (κ2) is 4.03. The lowest BCUT2D eigenvalue weighted by molar-refractivity contribution is -0.389. The van der Waals surface area contributed by atoms with Crippen LogP contribution >= 0.6 is 0 Å². The van der Waals surface area contributed by atoms with Crippen molar-refractivity contribution < 1.29 is 22.9 Å². The van der Waals surface area contributed by atoms with E-state index in [2.05, 4.69) is 4.98 Å². The molecule has 0 bridgehead atoms. The molecule has 0 aliphatic rings. The molecule has 0 N–H and O–H groups in total. The number of halogens is 3. The lowest BCUT2D eigenvalue weighted by Gasteiger charge is -2.02. The first-order valence-electron chi connectivity index (χ1n) is 3.55. The fourth-order valence-corrected chi connectivity index (χ4v) is 0.953. The molecule has 80 valence electrons. The summed E-state index contributed by atoms with van der Waals surface area (Å²) in [6.07, 6.45) is -3.22. The molecular weight excluding hydrogens is 217 g/mol. The molecule has 0 saturated heterocycles. The zero-order chi connectivity index (χ0) is 11.6. The molecular formula is C7H3F3N2O3. The summed E-state index contributed by atoms with van der Waals surface area (Å²) in [6.45, 7) is 0. The second-order valence-corrected chi connectivity index (χ2v) is 2.45. The Hall–Kier alpha value is -1.99. The van der Waals surface area contributed by atoms with Crippen LogP contribution in [0.3, 0.4) is 0 Å². The van der Waals surface area contributed by atoms with Crippen LogP contribution in [0.15, 0.2) is 6.07 Å². The largest absolute Gasteiger partial charge is 0.332 e. The zero-order valence-corrected chi connectivity index (χ0v) is 6.99. The number of alkyl halides is 2. The van der Waals surface area contributed by atoms with Crippen LogP contribution in [-0.2, 0) is 0 Å². The Morgan fingerprint density at radius 2 is 2.13 bits per heavy atom. The van der Waals surface area contributed by atoms with Gasteiger partial charge in [-0.2, -0.15) is 4.39 Å². The molecule has 0 fully saturated rings. The van der Waals surface area contributed by atoms with Crippen molar-refractivity contribution in [2.75, 3.05) is 0 Å². The third-order valence-electron chi connectivity index (χ3n) is 1.54. The number of nitro groups is 1. The van der Waals surface area contributed by atoms with Gasteiger partial charge in [-0.3, -0.25) is 14.9 Å². The Balaban J connectivity index is 3.49. The molecule has 15 heavy (non-hydrogen) atoms. The molecule has 0 aliphatic carbocycles. The van der Waals surface area contributed by atoms with Crippen LogP contribution in [0.5, 0.6) is 0 Å². The van der Waals surface area contributed by atoms with E-state index < -0.39 is 34.2 Å². The number of nitrogens with zero attached hydrogens (tertiary/aromatic N) is 2. The molecule has 0 saturated carbocycles. The van der Waals surface area contributed by atoms with Crippen LogP contribution in [-0.4, -0.2) is 16.2 Å². The SMILES string of the molecule is O=Cc1cc(C(F)F)c([N+](=O)[O-])c(F)n1. The molecule has 0 amide bonds. The number of rotatable bonds is 3. The van der Waals surface area contributed by atoms with Crippen LogP contribution < -0.4 is 0 Å². The normalized spacial score (nSPS) is 10.4. The maximum Gasteiger partial charge on any atom is 0.332 e. The van der Waals surface area contributed by atoms with E-state index in [0.29, 0.717) is 6.07 Å². The third-order valence-corrected chi connectivity index (χ3v) is 1.54. The van der Waals surface area contributed by atoms with Crippen molar-refractivity contribution in [3.8, 4) is 0 Å². The van der Waals surface area contributed by atoms with Gasteiger partial charge in [-0.25, -0.2) is 13.8 Å². The lowest BCUT2D eigenvalue weighted by Crippen LogP contribution is -2.04. The number of aldehydes is 1. The van der Waals surface area contributed by atoms with Gasteiger partial charge in [0.2, 0.25) is 0 Å². The number of hydrogen-bond acceptors (Lipinski definition) is 4. The third kappa shape index (κ3) is 2.09. The van der Waals surface area contributed by atoms with Crippen LogP contribution in [0.1, 0.15) is 22.5 Å². The van der Waals surface area contributed by atoms with Gasteiger partial charge in [0, 0.05) is 0 Å². The van der Waals surface area contributed by atoms with Gasteiger partial charge in [0.25, 0.3) is 12.4 Å². The summed E-state index contributed by atoms with van der Waals surface area (Å²) >= 11 is 0. The van der Waals surface area contributed by atoms with Crippen LogP contribution in [0, 0.1) is 16.1 Å². The highest BCUT2D eigenvalue weighted by molar-refractivity contribution is 5.72. The Labute approximate surface area is 80.7 Å². The van der Waals surface area contributed by atoms with Gasteiger partial charge in [-0.1, -0.05) is 0 Å². The summed E-state index contributed by atoms with van der Waals surface area (Å²) in [7, 11) is 0. The molecule has 5 nitrogen and oxygen atoms in total. The van der Waals surface area contributed by atoms with Crippen molar-refractivity contribution in [3.05, 3.63) is 33.4 Å². The van der Waals surface area contributed by atoms with E-state index in [-0.39, 0.29) is 6.29 Å². The fourth-order valence-electron chi connectivity index (χ4n) is 0.953. The minimum absolute atomic E-state index is 0.0265. The molecule has 1 aromatic rings. The summed E-state index contributed by atoms with van der Waals surface area (Å²) in [4.78, 5) is 22.0. The summed E-state index contributed by atoms with van der Waals surface area (Å²) in [5.74, 6) is -1.69. The van der Waals surface area contributed by atoms with E-state index in [4.69, 9.17) is 0 Å². The van der Waals surface area contributed by atoms with Crippen LogP contribution in [0.25, 0.3) is 0 Å². The highest BCUT2D eigenvalue weighted by Crippen LogP contribution is 2.30. The Kier molecular flexibility index (Phi) is 2.98. The standard InChI is InChI=1S/C7H3F3N2O3/c8-6(9)4-1-3(2-13)11-7(10)5(4)12(14)15/h1-2,6H. The summed E-state index contributed by atoms with van der Waals surface area (Å²) in [6, 6.07) is 0.485. The van der Waals surface area contributed by atoms with Crippen molar-refractivity contribution >= 4 is 12.0 Å². The molecule has 1 aromatic heterocycles. The number of aromatic nitrogens is 1. The van der Waals surface area contributed by atoms with Crippen molar-refractivity contribution in [1.29, 1.82) is 0 Å². The van der Waals surface area contributed by atoms with E-state index in [0.717, 1.165) is 0 Å². The van der Waals surface area contributed by atoms with Crippen molar-refractivity contribution in [1.82, 2.24) is 4.98 Å². The minimum atomic E-state index is -3.25. The maximum absolute atomic E-state index is 12.9. The number of hydrogen-bond donors (Lipinski definition) is 0. The quantitative estimate of drug-likeness (QED) is 0.337. The molecule has 0 unspecified atom stereocenters. The van der Waals surface area contributed by atoms with Gasteiger partial charge in [0.1, 0.15) is 11.3 Å². The summed E-state index contributed by atoms with van der Waals surface area (Å²) < 4.78 is 37.4. The average molecular weight is 220 g/mol. The molecule has 0 aliphatic heterocycles. The first-order valence-corrected chi connectivity index (χ1v) is 3.55. The molecule has 0 spiro atoms. The monoisotopic (exact) mass is 220 g/mol. The first-order chi connectivity index (χ1) is 6.97. The van der Waals surface area contributed by atoms with Gasteiger partial charge in [-0.05, 0) is 6.07 Å². The Morgan fingerprint density at radius 1 is 1.53 bits per heavy atom.